The number of β-amino-alcohol motifs (C(OH)–C–C–N with tert-alkyl or cyclic N) is 1. The normalized spacial score (nSPS) is 21.3. The van der Waals surface area contributed by atoms with Gasteiger partial charge in [-0.2, -0.15) is 4.52 Å². The molecule has 0 radical (unpaired) electrons. The van der Waals surface area contributed by atoms with Crippen LogP contribution in [0.2, 0.25) is 0 Å². The molecule has 0 amide bonds. The molecular formula is C16H16FN5O. The third-order valence-corrected chi connectivity index (χ3v) is 4.21. The highest BCUT2D eigenvalue weighted by atomic mass is 19.1. The van der Waals surface area contributed by atoms with Gasteiger partial charge in [0.25, 0.3) is 0 Å². The molecule has 2 atom stereocenters. The molecule has 23 heavy (non-hydrogen) atoms. The van der Waals surface area contributed by atoms with Crippen LogP contribution in [0.4, 0.5) is 10.2 Å². The van der Waals surface area contributed by atoms with E-state index >= 15 is 0 Å². The smallest absolute Gasteiger partial charge is 0.178 e. The van der Waals surface area contributed by atoms with Gasteiger partial charge in [0.15, 0.2) is 11.5 Å². The maximum Gasteiger partial charge on any atom is 0.178 e. The summed E-state index contributed by atoms with van der Waals surface area (Å²) >= 11 is 0. The van der Waals surface area contributed by atoms with Crippen molar-refractivity contribution in [2.45, 2.75) is 25.5 Å². The van der Waals surface area contributed by atoms with Crippen LogP contribution in [-0.2, 0) is 0 Å². The number of hydrogen-bond donors (Lipinski definition) is 1. The average molecular weight is 313 g/mol. The lowest BCUT2D eigenvalue weighted by Crippen LogP contribution is -2.26. The minimum absolute atomic E-state index is 0.109. The van der Waals surface area contributed by atoms with E-state index in [1.165, 1.54) is 12.1 Å². The summed E-state index contributed by atoms with van der Waals surface area (Å²) in [6.07, 6.45) is 0.0763. The Morgan fingerprint density at radius 2 is 2.09 bits per heavy atom. The van der Waals surface area contributed by atoms with Gasteiger partial charge in [0.2, 0.25) is 0 Å². The predicted octanol–water partition coefficient (Wildman–Crippen LogP) is 1.88. The SMILES string of the molecule is Cc1nnc2ccc(N3C[C@H](O)C[C@@H]3c3cccc(F)c3)nn12. The second kappa shape index (κ2) is 5.27. The Kier molecular flexibility index (Phi) is 3.23. The van der Waals surface area contributed by atoms with Gasteiger partial charge < -0.3 is 10.0 Å². The second-order valence-electron chi connectivity index (χ2n) is 5.82. The van der Waals surface area contributed by atoms with Gasteiger partial charge in [0.1, 0.15) is 11.6 Å². The number of anilines is 1. The van der Waals surface area contributed by atoms with Gasteiger partial charge in [0.05, 0.1) is 12.1 Å². The number of aliphatic hydroxyl groups is 1. The summed E-state index contributed by atoms with van der Waals surface area (Å²) in [5, 5.41) is 22.7. The van der Waals surface area contributed by atoms with Gasteiger partial charge in [0, 0.05) is 6.54 Å². The summed E-state index contributed by atoms with van der Waals surface area (Å²) in [7, 11) is 0. The number of aryl methyl sites for hydroxylation is 1. The van der Waals surface area contributed by atoms with Crippen LogP contribution in [0, 0.1) is 12.7 Å². The standard InChI is InChI=1S/C16H16FN5O/c1-10-18-19-15-5-6-16(20-22(10)15)21-9-13(23)8-14(21)11-3-2-4-12(17)7-11/h2-7,13-14,23H,8-9H2,1H3/t13-,14-/m1/s1. The van der Waals surface area contributed by atoms with Crippen molar-refractivity contribution < 1.29 is 9.50 Å². The molecule has 3 aromatic rings. The fraction of sp³-hybridized carbons (Fsp3) is 0.312. The number of aromatic nitrogens is 4. The molecule has 1 saturated heterocycles. The molecule has 7 heteroatoms. The van der Waals surface area contributed by atoms with Gasteiger partial charge in [-0.15, -0.1) is 15.3 Å². The zero-order valence-electron chi connectivity index (χ0n) is 12.6. The van der Waals surface area contributed by atoms with Crippen LogP contribution < -0.4 is 4.90 Å². The lowest BCUT2D eigenvalue weighted by molar-refractivity contribution is 0.194. The molecule has 0 aliphatic carbocycles. The van der Waals surface area contributed by atoms with Crippen LogP contribution in [0.1, 0.15) is 23.9 Å². The van der Waals surface area contributed by atoms with Crippen LogP contribution in [0.3, 0.4) is 0 Å². The molecule has 4 rings (SSSR count). The Morgan fingerprint density at radius 3 is 2.91 bits per heavy atom. The van der Waals surface area contributed by atoms with E-state index in [9.17, 15) is 9.50 Å². The zero-order valence-corrected chi connectivity index (χ0v) is 12.6. The third-order valence-electron chi connectivity index (χ3n) is 4.21. The van der Waals surface area contributed by atoms with E-state index in [1.807, 2.05) is 30.0 Å². The summed E-state index contributed by atoms with van der Waals surface area (Å²) in [5.74, 6) is 1.14. The molecule has 118 valence electrons. The molecule has 1 fully saturated rings. The largest absolute Gasteiger partial charge is 0.391 e. The summed E-state index contributed by atoms with van der Waals surface area (Å²) in [4.78, 5) is 2.00. The molecule has 6 nitrogen and oxygen atoms in total. The monoisotopic (exact) mass is 313 g/mol. The molecule has 3 heterocycles. The predicted molar refractivity (Wildman–Crippen MR) is 82.6 cm³/mol. The average Bonchev–Trinajstić information content (AvgIpc) is 3.11. The van der Waals surface area contributed by atoms with E-state index < -0.39 is 6.10 Å². The van der Waals surface area contributed by atoms with Crippen molar-refractivity contribution in [2.75, 3.05) is 11.4 Å². The topological polar surface area (TPSA) is 66.5 Å². The molecule has 2 aromatic heterocycles. The summed E-state index contributed by atoms with van der Waals surface area (Å²) in [6.45, 7) is 2.29. The van der Waals surface area contributed by atoms with E-state index in [4.69, 9.17) is 0 Å². The first-order chi connectivity index (χ1) is 11.1. The minimum atomic E-state index is -0.470. The van der Waals surface area contributed by atoms with E-state index in [0.717, 1.165) is 5.56 Å². The van der Waals surface area contributed by atoms with Gasteiger partial charge in [-0.25, -0.2) is 4.39 Å². The van der Waals surface area contributed by atoms with Crippen LogP contribution in [0.25, 0.3) is 5.65 Å². The van der Waals surface area contributed by atoms with Crippen molar-refractivity contribution in [3.05, 3.63) is 53.6 Å². The van der Waals surface area contributed by atoms with Crippen molar-refractivity contribution in [3.8, 4) is 0 Å². The van der Waals surface area contributed by atoms with Gasteiger partial charge in [-0.1, -0.05) is 12.1 Å². The van der Waals surface area contributed by atoms with E-state index in [-0.39, 0.29) is 11.9 Å². The van der Waals surface area contributed by atoms with E-state index in [1.54, 1.807) is 10.6 Å². The van der Waals surface area contributed by atoms with Gasteiger partial charge >= 0.3 is 0 Å². The molecule has 1 N–H and O–H groups in total. The molecule has 1 aromatic carbocycles. The summed E-state index contributed by atoms with van der Waals surface area (Å²) in [6, 6.07) is 10.1. The highest BCUT2D eigenvalue weighted by Crippen LogP contribution is 2.35. The highest BCUT2D eigenvalue weighted by molar-refractivity contribution is 5.49. The van der Waals surface area contributed by atoms with E-state index in [0.29, 0.717) is 30.3 Å². The fourth-order valence-electron chi connectivity index (χ4n) is 3.14. The molecule has 1 aliphatic rings. The second-order valence-corrected chi connectivity index (χ2v) is 5.82. The maximum atomic E-state index is 13.5. The number of rotatable bonds is 2. The first kappa shape index (κ1) is 14.1. The van der Waals surface area contributed by atoms with Crippen molar-refractivity contribution in [2.24, 2.45) is 0 Å². The van der Waals surface area contributed by atoms with Gasteiger partial charge in [-0.3, -0.25) is 0 Å². The Hall–Kier alpha value is -2.54. The summed E-state index contributed by atoms with van der Waals surface area (Å²) < 4.78 is 15.2. The molecule has 0 bridgehead atoms. The maximum absolute atomic E-state index is 13.5. The lowest BCUT2D eigenvalue weighted by atomic mass is 10.0. The quantitative estimate of drug-likeness (QED) is 0.782. The third kappa shape index (κ3) is 2.43. The molecular weight excluding hydrogens is 297 g/mol. The fourth-order valence-corrected chi connectivity index (χ4v) is 3.14. The van der Waals surface area contributed by atoms with Crippen LogP contribution in [-0.4, -0.2) is 37.6 Å². The first-order valence-corrected chi connectivity index (χ1v) is 7.51. The number of nitrogens with zero attached hydrogens (tertiary/aromatic N) is 5. The summed E-state index contributed by atoms with van der Waals surface area (Å²) in [5.41, 5.74) is 1.51. The first-order valence-electron chi connectivity index (χ1n) is 7.51. The zero-order chi connectivity index (χ0) is 16.0. The molecule has 0 unspecified atom stereocenters. The van der Waals surface area contributed by atoms with Gasteiger partial charge in [-0.05, 0) is 43.2 Å². The Bertz CT molecular complexity index is 865. The van der Waals surface area contributed by atoms with Crippen LogP contribution in [0.5, 0.6) is 0 Å². The lowest BCUT2D eigenvalue weighted by Gasteiger charge is -2.25. The Balaban J connectivity index is 1.76. The number of halogens is 1. The minimum Gasteiger partial charge on any atom is -0.391 e. The number of fused-ring (bicyclic) bond motifs is 1. The van der Waals surface area contributed by atoms with Crippen LogP contribution >= 0.6 is 0 Å². The van der Waals surface area contributed by atoms with E-state index in [2.05, 4.69) is 15.3 Å². The van der Waals surface area contributed by atoms with Crippen molar-refractivity contribution in [1.82, 2.24) is 19.8 Å². The number of benzene rings is 1. The van der Waals surface area contributed by atoms with Crippen molar-refractivity contribution >= 4 is 11.5 Å². The van der Waals surface area contributed by atoms with Crippen molar-refractivity contribution in [1.29, 1.82) is 0 Å². The molecule has 1 aliphatic heterocycles. The number of hydrogen-bond acceptors (Lipinski definition) is 5. The van der Waals surface area contributed by atoms with Crippen molar-refractivity contribution in [3.63, 3.8) is 0 Å². The molecule has 0 saturated carbocycles. The Labute approximate surface area is 132 Å². The highest BCUT2D eigenvalue weighted by Gasteiger charge is 2.33. The Morgan fingerprint density at radius 1 is 1.22 bits per heavy atom. The number of aliphatic hydroxyl groups excluding tert-OH is 1. The molecule has 0 spiro atoms. The van der Waals surface area contributed by atoms with Crippen LogP contribution in [0.15, 0.2) is 36.4 Å².